The van der Waals surface area contributed by atoms with E-state index in [0.717, 1.165) is 37.6 Å². The van der Waals surface area contributed by atoms with Crippen LogP contribution in [0.5, 0.6) is 11.5 Å². The largest absolute Gasteiger partial charge is 0.493 e. The SMILES string of the molecule is C=CCOc1ccc(CNCCCn2ccnc2)cc1OC. The van der Waals surface area contributed by atoms with Crippen LogP contribution in [-0.4, -0.2) is 29.8 Å². The first-order valence-electron chi connectivity index (χ1n) is 7.40. The summed E-state index contributed by atoms with van der Waals surface area (Å²) in [5, 5.41) is 3.43. The Morgan fingerprint density at radius 2 is 2.27 bits per heavy atom. The van der Waals surface area contributed by atoms with Crippen molar-refractivity contribution < 1.29 is 9.47 Å². The van der Waals surface area contributed by atoms with E-state index in [2.05, 4.69) is 21.4 Å². The fraction of sp³-hybridized carbons (Fsp3) is 0.353. The van der Waals surface area contributed by atoms with Gasteiger partial charge in [0, 0.05) is 25.5 Å². The second-order valence-electron chi connectivity index (χ2n) is 4.92. The van der Waals surface area contributed by atoms with E-state index < -0.39 is 0 Å². The molecule has 0 amide bonds. The number of hydrogen-bond donors (Lipinski definition) is 1. The van der Waals surface area contributed by atoms with Gasteiger partial charge in [-0.2, -0.15) is 0 Å². The molecule has 0 radical (unpaired) electrons. The van der Waals surface area contributed by atoms with Crippen molar-refractivity contribution in [2.75, 3.05) is 20.3 Å². The van der Waals surface area contributed by atoms with E-state index in [0.29, 0.717) is 6.61 Å². The van der Waals surface area contributed by atoms with E-state index >= 15 is 0 Å². The van der Waals surface area contributed by atoms with Gasteiger partial charge in [0.2, 0.25) is 0 Å². The Bertz CT molecular complexity index is 567. The van der Waals surface area contributed by atoms with E-state index in [1.807, 2.05) is 30.7 Å². The van der Waals surface area contributed by atoms with Crippen molar-refractivity contribution in [3.8, 4) is 11.5 Å². The van der Waals surface area contributed by atoms with Crippen LogP contribution in [0, 0.1) is 0 Å². The average Bonchev–Trinajstić information content (AvgIpc) is 3.06. The lowest BCUT2D eigenvalue weighted by Gasteiger charge is -2.11. The number of aromatic nitrogens is 2. The predicted octanol–water partition coefficient (Wildman–Crippen LogP) is 2.64. The van der Waals surface area contributed by atoms with Crippen LogP contribution in [0.2, 0.25) is 0 Å². The Labute approximate surface area is 131 Å². The highest BCUT2D eigenvalue weighted by Crippen LogP contribution is 2.28. The van der Waals surface area contributed by atoms with Gasteiger partial charge in [-0.15, -0.1) is 0 Å². The highest BCUT2D eigenvalue weighted by Gasteiger charge is 2.05. The molecule has 1 aromatic heterocycles. The van der Waals surface area contributed by atoms with Gasteiger partial charge in [0.1, 0.15) is 6.61 Å². The van der Waals surface area contributed by atoms with E-state index in [1.54, 1.807) is 19.4 Å². The molecule has 0 aliphatic carbocycles. The molecule has 0 unspecified atom stereocenters. The number of aryl methyl sites for hydroxylation is 1. The van der Waals surface area contributed by atoms with Crippen LogP contribution in [0.4, 0.5) is 0 Å². The summed E-state index contributed by atoms with van der Waals surface area (Å²) in [5.41, 5.74) is 1.17. The molecule has 1 N–H and O–H groups in total. The fourth-order valence-corrected chi connectivity index (χ4v) is 2.13. The molecule has 0 saturated heterocycles. The summed E-state index contributed by atoms with van der Waals surface area (Å²) in [7, 11) is 1.65. The molecule has 0 saturated carbocycles. The van der Waals surface area contributed by atoms with Crippen molar-refractivity contribution >= 4 is 0 Å². The summed E-state index contributed by atoms with van der Waals surface area (Å²) < 4.78 is 13.0. The molecule has 118 valence electrons. The Kier molecular flexibility index (Phi) is 6.51. The second-order valence-corrected chi connectivity index (χ2v) is 4.92. The number of benzene rings is 1. The lowest BCUT2D eigenvalue weighted by atomic mass is 10.2. The van der Waals surface area contributed by atoms with Crippen LogP contribution in [0.1, 0.15) is 12.0 Å². The fourth-order valence-electron chi connectivity index (χ4n) is 2.13. The molecule has 0 aliphatic rings. The molecule has 0 fully saturated rings. The summed E-state index contributed by atoms with van der Waals surface area (Å²) in [5.74, 6) is 1.49. The number of rotatable bonds is 10. The number of hydrogen-bond acceptors (Lipinski definition) is 4. The third kappa shape index (κ3) is 4.93. The third-order valence-electron chi connectivity index (χ3n) is 3.24. The maximum Gasteiger partial charge on any atom is 0.161 e. The van der Waals surface area contributed by atoms with Gasteiger partial charge in [-0.3, -0.25) is 0 Å². The van der Waals surface area contributed by atoms with Crippen LogP contribution >= 0.6 is 0 Å². The van der Waals surface area contributed by atoms with Gasteiger partial charge >= 0.3 is 0 Å². The van der Waals surface area contributed by atoms with Crippen LogP contribution in [0.15, 0.2) is 49.6 Å². The molecule has 5 heteroatoms. The zero-order valence-corrected chi connectivity index (χ0v) is 13.0. The van der Waals surface area contributed by atoms with Gasteiger partial charge in [0.25, 0.3) is 0 Å². The monoisotopic (exact) mass is 301 g/mol. The minimum atomic E-state index is 0.474. The zero-order valence-electron chi connectivity index (χ0n) is 13.0. The standard InChI is InChI=1S/C17H23N3O2/c1-3-11-22-16-6-5-15(12-17(16)21-2)13-18-7-4-9-20-10-8-19-14-20/h3,5-6,8,10,12,14,18H,1,4,7,9,11,13H2,2H3. The summed E-state index contributed by atoms with van der Waals surface area (Å²) in [4.78, 5) is 4.03. The van der Waals surface area contributed by atoms with Crippen molar-refractivity contribution in [3.63, 3.8) is 0 Å². The first kappa shape index (κ1) is 16.1. The molecule has 1 aromatic carbocycles. The van der Waals surface area contributed by atoms with Crippen LogP contribution in [-0.2, 0) is 13.1 Å². The van der Waals surface area contributed by atoms with Crippen LogP contribution in [0.25, 0.3) is 0 Å². The van der Waals surface area contributed by atoms with Gasteiger partial charge in [-0.25, -0.2) is 4.98 Å². The predicted molar refractivity (Wildman–Crippen MR) is 87.2 cm³/mol. The quantitative estimate of drug-likeness (QED) is 0.541. The zero-order chi connectivity index (χ0) is 15.6. The van der Waals surface area contributed by atoms with E-state index in [9.17, 15) is 0 Å². The average molecular weight is 301 g/mol. The van der Waals surface area contributed by atoms with Gasteiger partial charge < -0.3 is 19.4 Å². The summed E-state index contributed by atoms with van der Waals surface area (Å²) in [6, 6.07) is 5.98. The number of methoxy groups -OCH3 is 1. The number of imidazole rings is 1. The van der Waals surface area contributed by atoms with Gasteiger partial charge in [0.05, 0.1) is 13.4 Å². The van der Waals surface area contributed by atoms with E-state index in [1.165, 1.54) is 5.56 Å². The summed E-state index contributed by atoms with van der Waals surface area (Å²) >= 11 is 0. The number of ether oxygens (including phenoxy) is 2. The van der Waals surface area contributed by atoms with E-state index in [-0.39, 0.29) is 0 Å². The van der Waals surface area contributed by atoms with Gasteiger partial charge in [0.15, 0.2) is 11.5 Å². The molecule has 0 bridgehead atoms. The molecule has 0 atom stereocenters. The lowest BCUT2D eigenvalue weighted by Crippen LogP contribution is -2.16. The van der Waals surface area contributed by atoms with Crippen molar-refractivity contribution in [2.45, 2.75) is 19.5 Å². The maximum absolute atomic E-state index is 5.54. The molecular formula is C17H23N3O2. The third-order valence-corrected chi connectivity index (χ3v) is 3.24. The topological polar surface area (TPSA) is 48.3 Å². The first-order valence-corrected chi connectivity index (χ1v) is 7.40. The minimum absolute atomic E-state index is 0.474. The molecule has 2 rings (SSSR count). The Hall–Kier alpha value is -2.27. The normalized spacial score (nSPS) is 10.4. The molecule has 0 spiro atoms. The van der Waals surface area contributed by atoms with Crippen LogP contribution in [0.3, 0.4) is 0 Å². The number of nitrogens with zero attached hydrogens (tertiary/aromatic N) is 2. The van der Waals surface area contributed by atoms with Gasteiger partial charge in [-0.1, -0.05) is 18.7 Å². The van der Waals surface area contributed by atoms with Crippen molar-refractivity contribution in [3.05, 3.63) is 55.1 Å². The molecule has 5 nitrogen and oxygen atoms in total. The first-order chi connectivity index (χ1) is 10.8. The highest BCUT2D eigenvalue weighted by atomic mass is 16.5. The van der Waals surface area contributed by atoms with E-state index in [4.69, 9.17) is 9.47 Å². The highest BCUT2D eigenvalue weighted by molar-refractivity contribution is 5.43. The molecule has 2 aromatic rings. The Balaban J connectivity index is 1.76. The van der Waals surface area contributed by atoms with Crippen LogP contribution < -0.4 is 14.8 Å². The summed E-state index contributed by atoms with van der Waals surface area (Å²) in [6.45, 7) is 6.86. The summed E-state index contributed by atoms with van der Waals surface area (Å²) in [6.07, 6.45) is 8.40. The smallest absolute Gasteiger partial charge is 0.161 e. The lowest BCUT2D eigenvalue weighted by molar-refractivity contribution is 0.326. The van der Waals surface area contributed by atoms with Crippen molar-refractivity contribution in [1.29, 1.82) is 0 Å². The van der Waals surface area contributed by atoms with Crippen molar-refractivity contribution in [2.24, 2.45) is 0 Å². The molecular weight excluding hydrogens is 278 g/mol. The van der Waals surface area contributed by atoms with Crippen molar-refractivity contribution in [1.82, 2.24) is 14.9 Å². The Morgan fingerprint density at radius 1 is 1.36 bits per heavy atom. The number of nitrogens with one attached hydrogen (secondary N) is 1. The molecule has 22 heavy (non-hydrogen) atoms. The maximum atomic E-state index is 5.54. The van der Waals surface area contributed by atoms with Gasteiger partial charge in [-0.05, 0) is 30.7 Å². The molecule has 0 aliphatic heterocycles. The Morgan fingerprint density at radius 3 is 3.00 bits per heavy atom. The second kappa shape index (κ2) is 8.89. The molecule has 1 heterocycles. The minimum Gasteiger partial charge on any atom is -0.493 e.